The first-order valence-electron chi connectivity index (χ1n) is 11.2. The Kier molecular flexibility index (Phi) is 5.99. The molecule has 0 atom stereocenters. The second-order valence-corrected chi connectivity index (χ2v) is 8.14. The molecule has 1 amide bonds. The highest BCUT2D eigenvalue weighted by Gasteiger charge is 2.26. The Bertz CT molecular complexity index is 1330. The van der Waals surface area contributed by atoms with Gasteiger partial charge in [0.15, 0.2) is 18.1 Å². The minimum Gasteiger partial charge on any atom is -0.454 e. The zero-order valence-corrected chi connectivity index (χ0v) is 18.6. The number of aromatic nitrogens is 1. The summed E-state index contributed by atoms with van der Waals surface area (Å²) in [6.07, 6.45) is 6.08. The summed E-state index contributed by atoms with van der Waals surface area (Å²) >= 11 is 0. The van der Waals surface area contributed by atoms with E-state index in [-0.39, 0.29) is 19.3 Å². The molecular weight excluding hydrogens is 432 g/mol. The number of rotatable bonds is 6. The molecule has 172 valence electrons. The van der Waals surface area contributed by atoms with Crippen molar-refractivity contribution < 1.29 is 23.8 Å². The number of amides is 1. The maximum absolute atomic E-state index is 13.2. The van der Waals surface area contributed by atoms with E-state index < -0.39 is 5.97 Å². The van der Waals surface area contributed by atoms with Crippen LogP contribution in [-0.2, 0) is 16.0 Å². The summed E-state index contributed by atoms with van der Waals surface area (Å²) in [5.41, 5.74) is 4.86. The Morgan fingerprint density at radius 3 is 2.85 bits per heavy atom. The van der Waals surface area contributed by atoms with Crippen molar-refractivity contribution >= 4 is 34.4 Å². The number of nitrogens with zero attached hydrogens (tertiary/aromatic N) is 1. The van der Waals surface area contributed by atoms with E-state index in [1.165, 1.54) is 0 Å². The van der Waals surface area contributed by atoms with E-state index in [1.807, 2.05) is 42.5 Å². The molecule has 1 aliphatic heterocycles. The van der Waals surface area contributed by atoms with Gasteiger partial charge >= 0.3 is 5.97 Å². The topological polar surface area (TPSA) is 86.8 Å². The molecule has 3 aromatic rings. The summed E-state index contributed by atoms with van der Waals surface area (Å²) < 4.78 is 16.3. The van der Waals surface area contributed by atoms with Gasteiger partial charge in [-0.25, -0.2) is 9.78 Å². The van der Waals surface area contributed by atoms with E-state index in [4.69, 9.17) is 19.2 Å². The molecule has 7 nitrogen and oxygen atoms in total. The maximum atomic E-state index is 13.2. The molecule has 1 N–H and O–H groups in total. The average molecular weight is 456 g/mol. The summed E-state index contributed by atoms with van der Waals surface area (Å²) in [7, 11) is 0. The fourth-order valence-electron chi connectivity index (χ4n) is 4.35. The number of hydrogen-bond donors (Lipinski definition) is 1. The molecule has 0 saturated heterocycles. The number of pyridine rings is 1. The Morgan fingerprint density at radius 1 is 1.12 bits per heavy atom. The minimum atomic E-state index is -0.520. The molecule has 7 heteroatoms. The number of esters is 1. The molecule has 0 unspecified atom stereocenters. The largest absolute Gasteiger partial charge is 0.454 e. The summed E-state index contributed by atoms with van der Waals surface area (Å²) in [5.74, 6) is 0.560. The molecule has 0 saturated carbocycles. The van der Waals surface area contributed by atoms with Crippen LogP contribution in [0.3, 0.4) is 0 Å². The van der Waals surface area contributed by atoms with Crippen molar-refractivity contribution in [2.45, 2.75) is 19.3 Å². The fraction of sp³-hybridized carbons (Fsp3) is 0.222. The highest BCUT2D eigenvalue weighted by atomic mass is 16.7. The Labute approximate surface area is 197 Å². The summed E-state index contributed by atoms with van der Waals surface area (Å²) in [6.45, 7) is 3.76. The molecule has 0 radical (unpaired) electrons. The van der Waals surface area contributed by atoms with Gasteiger partial charge in [-0.1, -0.05) is 30.3 Å². The summed E-state index contributed by atoms with van der Waals surface area (Å²) in [5, 5.41) is 3.34. The third-order valence-corrected chi connectivity index (χ3v) is 5.89. The lowest BCUT2D eigenvalue weighted by Crippen LogP contribution is -2.29. The smallest absolute Gasteiger partial charge is 0.339 e. The van der Waals surface area contributed by atoms with Gasteiger partial charge in [0.25, 0.3) is 5.91 Å². The number of allylic oxidation sites excluding steroid dienone is 1. The molecule has 0 bridgehead atoms. The predicted octanol–water partition coefficient (Wildman–Crippen LogP) is 4.30. The van der Waals surface area contributed by atoms with E-state index >= 15 is 0 Å². The van der Waals surface area contributed by atoms with Gasteiger partial charge in [0, 0.05) is 11.9 Å². The zero-order valence-electron chi connectivity index (χ0n) is 18.6. The van der Waals surface area contributed by atoms with Crippen molar-refractivity contribution in [1.82, 2.24) is 10.3 Å². The Hall–Kier alpha value is -4.13. The quantitative estimate of drug-likeness (QED) is 0.440. The van der Waals surface area contributed by atoms with Gasteiger partial charge in [-0.3, -0.25) is 4.79 Å². The molecule has 2 aliphatic rings. The van der Waals surface area contributed by atoms with Gasteiger partial charge in [-0.15, -0.1) is 6.58 Å². The number of ether oxygens (including phenoxy) is 3. The average Bonchev–Trinajstić information content (AvgIpc) is 3.33. The van der Waals surface area contributed by atoms with Crippen molar-refractivity contribution in [1.29, 1.82) is 0 Å². The number of para-hydroxylation sites is 1. The number of hydrogen-bond acceptors (Lipinski definition) is 6. The normalized spacial score (nSPS) is 15.1. The van der Waals surface area contributed by atoms with E-state index in [9.17, 15) is 9.59 Å². The van der Waals surface area contributed by atoms with Crippen LogP contribution in [0.25, 0.3) is 22.6 Å². The van der Waals surface area contributed by atoms with Crippen molar-refractivity contribution in [3.05, 3.63) is 77.5 Å². The van der Waals surface area contributed by atoms with Crippen molar-refractivity contribution in [2.24, 2.45) is 0 Å². The van der Waals surface area contributed by atoms with Crippen LogP contribution < -0.4 is 14.8 Å². The molecule has 0 spiro atoms. The van der Waals surface area contributed by atoms with Gasteiger partial charge < -0.3 is 19.5 Å². The van der Waals surface area contributed by atoms with Gasteiger partial charge in [0.1, 0.15) is 0 Å². The lowest BCUT2D eigenvalue weighted by Gasteiger charge is -2.22. The van der Waals surface area contributed by atoms with Crippen molar-refractivity contribution in [3.8, 4) is 11.5 Å². The first-order valence-corrected chi connectivity index (χ1v) is 11.2. The number of fused-ring (bicyclic) bond motifs is 3. The van der Waals surface area contributed by atoms with Gasteiger partial charge in [0.2, 0.25) is 6.79 Å². The van der Waals surface area contributed by atoms with Gasteiger partial charge in [0.05, 0.1) is 16.8 Å². The Balaban J connectivity index is 1.53. The van der Waals surface area contributed by atoms with Crippen LogP contribution >= 0.6 is 0 Å². The Morgan fingerprint density at radius 2 is 1.97 bits per heavy atom. The lowest BCUT2D eigenvalue weighted by molar-refractivity contribution is -0.124. The molecule has 2 aromatic carbocycles. The van der Waals surface area contributed by atoms with Crippen LogP contribution in [0.2, 0.25) is 0 Å². The maximum Gasteiger partial charge on any atom is 0.339 e. The van der Waals surface area contributed by atoms with Crippen LogP contribution in [0.15, 0.2) is 55.1 Å². The molecule has 5 rings (SSSR count). The fourth-order valence-corrected chi connectivity index (χ4v) is 4.35. The van der Waals surface area contributed by atoms with E-state index in [0.29, 0.717) is 24.0 Å². The second kappa shape index (κ2) is 9.39. The van der Waals surface area contributed by atoms with Gasteiger partial charge in [-0.2, -0.15) is 0 Å². The molecule has 0 fully saturated rings. The molecule has 2 heterocycles. The first kappa shape index (κ1) is 21.7. The first-order chi connectivity index (χ1) is 16.6. The highest BCUT2D eigenvalue weighted by molar-refractivity contribution is 6.07. The lowest BCUT2D eigenvalue weighted by atomic mass is 9.86. The van der Waals surface area contributed by atoms with Crippen LogP contribution in [0, 0.1) is 0 Å². The molecule has 34 heavy (non-hydrogen) atoms. The number of carbonyl (C=O) groups excluding carboxylic acids is 2. The van der Waals surface area contributed by atoms with Gasteiger partial charge in [-0.05, 0) is 60.2 Å². The molecular formula is C27H24N2O5. The van der Waals surface area contributed by atoms with Crippen LogP contribution in [0.4, 0.5) is 0 Å². The van der Waals surface area contributed by atoms with E-state index in [1.54, 1.807) is 6.08 Å². The SMILES string of the molecule is C=CCNC(=O)COC(=O)c1c2c(nc3ccccc13)/C(=C\c1ccc3c(c1)OCO3)CCC2. The zero-order chi connectivity index (χ0) is 23.5. The third kappa shape index (κ3) is 4.24. The highest BCUT2D eigenvalue weighted by Crippen LogP contribution is 2.38. The van der Waals surface area contributed by atoms with E-state index in [2.05, 4.69) is 18.0 Å². The number of benzene rings is 2. The van der Waals surface area contributed by atoms with Crippen molar-refractivity contribution in [2.75, 3.05) is 19.9 Å². The van der Waals surface area contributed by atoms with E-state index in [0.717, 1.165) is 52.1 Å². The third-order valence-electron chi connectivity index (χ3n) is 5.89. The predicted molar refractivity (Wildman–Crippen MR) is 129 cm³/mol. The number of nitrogens with one attached hydrogen (secondary N) is 1. The minimum absolute atomic E-state index is 0.225. The monoisotopic (exact) mass is 456 g/mol. The molecule has 1 aliphatic carbocycles. The van der Waals surface area contributed by atoms with Crippen LogP contribution in [0.1, 0.15) is 40.0 Å². The second-order valence-electron chi connectivity index (χ2n) is 8.14. The number of carbonyl (C=O) groups is 2. The summed E-state index contributed by atoms with van der Waals surface area (Å²) in [6, 6.07) is 13.3. The van der Waals surface area contributed by atoms with Crippen molar-refractivity contribution in [3.63, 3.8) is 0 Å². The van der Waals surface area contributed by atoms with Crippen LogP contribution in [0.5, 0.6) is 11.5 Å². The molecule has 1 aromatic heterocycles. The summed E-state index contributed by atoms with van der Waals surface area (Å²) in [4.78, 5) is 30.1. The standard InChI is InChI=1S/C27H24N2O5/c1-2-12-28-24(30)15-32-27(31)25-19-7-3-4-9-21(19)29-26-18(6-5-8-20(25)26)13-17-10-11-22-23(14-17)34-16-33-22/h2-4,7,9-11,13-14H,1,5-6,8,12,15-16H2,(H,28,30)/b18-13-. The van der Waals surface area contributed by atoms with Crippen LogP contribution in [-0.4, -0.2) is 36.8 Å².